The summed E-state index contributed by atoms with van der Waals surface area (Å²) in [5.74, 6) is 0.227. The monoisotopic (exact) mass is 559 g/mol. The molecule has 43 heavy (non-hydrogen) atoms. The highest BCUT2D eigenvalue weighted by Crippen LogP contribution is 2.51. The zero-order valence-electron chi connectivity index (χ0n) is 25.5. The number of anilines is 1. The van der Waals surface area contributed by atoms with E-state index in [0.717, 1.165) is 36.2 Å². The molecule has 0 N–H and O–H groups in total. The van der Waals surface area contributed by atoms with Crippen molar-refractivity contribution in [2.24, 2.45) is 0 Å². The van der Waals surface area contributed by atoms with E-state index in [9.17, 15) is 4.79 Å². The van der Waals surface area contributed by atoms with Crippen LogP contribution in [-0.2, 0) is 15.6 Å². The fourth-order valence-corrected chi connectivity index (χ4v) is 7.95. The van der Waals surface area contributed by atoms with Gasteiger partial charge in [0, 0.05) is 29.5 Å². The van der Waals surface area contributed by atoms with Crippen LogP contribution in [0, 0.1) is 0 Å². The molecule has 2 aliphatic carbocycles. The summed E-state index contributed by atoms with van der Waals surface area (Å²) in [6, 6.07) is 38.3. The molecule has 1 fully saturated rings. The van der Waals surface area contributed by atoms with E-state index >= 15 is 0 Å². The van der Waals surface area contributed by atoms with Crippen LogP contribution >= 0.6 is 0 Å². The average molecular weight is 560 g/mol. The summed E-state index contributed by atoms with van der Waals surface area (Å²) in [6.45, 7) is 10.1. The molecule has 0 spiro atoms. The highest BCUT2D eigenvalue weighted by Gasteiger charge is 2.36. The third kappa shape index (κ3) is 3.89. The predicted octanol–water partition coefficient (Wildman–Crippen LogP) is 10.2. The van der Waals surface area contributed by atoms with Crippen molar-refractivity contribution < 1.29 is 4.79 Å². The highest BCUT2D eigenvalue weighted by atomic mass is 16.2. The first kappa shape index (κ1) is 26.2. The van der Waals surface area contributed by atoms with E-state index in [1.165, 1.54) is 55.6 Å². The molecule has 0 atom stereocenters. The molecule has 0 radical (unpaired) electrons. The van der Waals surface area contributed by atoms with Crippen molar-refractivity contribution >= 4 is 11.6 Å². The van der Waals surface area contributed by atoms with Crippen molar-refractivity contribution in [2.75, 3.05) is 11.4 Å². The molecular formula is C41H37NO. The van der Waals surface area contributed by atoms with Crippen molar-refractivity contribution in [3.63, 3.8) is 0 Å². The van der Waals surface area contributed by atoms with Crippen molar-refractivity contribution in [3.05, 3.63) is 125 Å². The molecule has 212 valence electrons. The second-order valence-electron chi connectivity index (χ2n) is 13.6. The zero-order valence-corrected chi connectivity index (χ0v) is 25.5. The van der Waals surface area contributed by atoms with Crippen molar-refractivity contribution in [1.29, 1.82) is 0 Å². The number of carbonyl (C=O) groups excluding carboxylic acids is 1. The maximum Gasteiger partial charge on any atom is 0.226 e. The van der Waals surface area contributed by atoms with Gasteiger partial charge in [0.2, 0.25) is 5.91 Å². The summed E-state index contributed by atoms with van der Waals surface area (Å²) in [5, 5.41) is 0. The topological polar surface area (TPSA) is 20.3 Å². The van der Waals surface area contributed by atoms with E-state index in [-0.39, 0.29) is 16.7 Å². The van der Waals surface area contributed by atoms with E-state index in [4.69, 9.17) is 0 Å². The number of benzene rings is 5. The lowest BCUT2D eigenvalue weighted by Crippen LogP contribution is -2.35. The van der Waals surface area contributed by atoms with Crippen LogP contribution in [0.25, 0.3) is 44.5 Å². The molecule has 1 saturated heterocycles. The summed E-state index contributed by atoms with van der Waals surface area (Å²) >= 11 is 0. The Morgan fingerprint density at radius 1 is 0.512 bits per heavy atom. The lowest BCUT2D eigenvalue weighted by Gasteiger charge is -2.28. The van der Waals surface area contributed by atoms with Crippen LogP contribution in [0.4, 0.5) is 5.69 Å². The Morgan fingerprint density at radius 2 is 1.00 bits per heavy atom. The number of amides is 1. The maximum atomic E-state index is 13.1. The van der Waals surface area contributed by atoms with Crippen LogP contribution in [0.2, 0.25) is 0 Å². The molecule has 2 nitrogen and oxygen atoms in total. The minimum atomic E-state index is -0.0637. The first-order valence-corrected chi connectivity index (χ1v) is 15.7. The quantitative estimate of drug-likeness (QED) is 0.215. The van der Waals surface area contributed by atoms with Gasteiger partial charge in [-0.15, -0.1) is 0 Å². The van der Waals surface area contributed by atoms with E-state index < -0.39 is 0 Å². The van der Waals surface area contributed by atoms with Gasteiger partial charge in [0.15, 0.2) is 0 Å². The smallest absolute Gasteiger partial charge is 0.226 e. The van der Waals surface area contributed by atoms with E-state index in [2.05, 4.69) is 131 Å². The van der Waals surface area contributed by atoms with Crippen molar-refractivity contribution in [1.82, 2.24) is 0 Å². The fourth-order valence-electron chi connectivity index (χ4n) is 7.95. The molecule has 0 saturated carbocycles. The van der Waals surface area contributed by atoms with Gasteiger partial charge in [-0.25, -0.2) is 0 Å². The van der Waals surface area contributed by atoms with Gasteiger partial charge in [0.05, 0.1) is 0 Å². The lowest BCUT2D eigenvalue weighted by molar-refractivity contribution is -0.119. The molecule has 1 amide bonds. The number of carbonyl (C=O) groups is 1. The molecule has 0 unspecified atom stereocenters. The Hall–Kier alpha value is -4.43. The number of rotatable bonds is 3. The van der Waals surface area contributed by atoms with Crippen molar-refractivity contribution in [2.45, 2.75) is 57.8 Å². The van der Waals surface area contributed by atoms with Crippen LogP contribution in [0.3, 0.4) is 0 Å². The normalized spacial score (nSPS) is 17.3. The molecule has 5 aromatic rings. The maximum absolute atomic E-state index is 13.1. The minimum absolute atomic E-state index is 0.0637. The molecule has 3 aliphatic rings. The van der Waals surface area contributed by atoms with Crippen LogP contribution in [0.15, 0.2) is 103 Å². The Kier molecular flexibility index (Phi) is 5.66. The van der Waals surface area contributed by atoms with Gasteiger partial charge in [0.25, 0.3) is 0 Å². The van der Waals surface area contributed by atoms with E-state index in [1.807, 2.05) is 4.90 Å². The number of hydrogen-bond donors (Lipinski definition) is 0. The molecule has 1 aliphatic heterocycles. The molecule has 2 heteroatoms. The van der Waals surface area contributed by atoms with Gasteiger partial charge >= 0.3 is 0 Å². The zero-order chi connectivity index (χ0) is 29.5. The fraction of sp³-hybridized carbons (Fsp3) is 0.244. The van der Waals surface area contributed by atoms with Crippen LogP contribution in [-0.4, -0.2) is 12.5 Å². The van der Waals surface area contributed by atoms with Crippen LogP contribution in [0.5, 0.6) is 0 Å². The van der Waals surface area contributed by atoms with Gasteiger partial charge in [-0.1, -0.05) is 100 Å². The summed E-state index contributed by atoms with van der Waals surface area (Å²) in [6.07, 6.45) is 2.64. The lowest BCUT2D eigenvalue weighted by atomic mass is 9.81. The van der Waals surface area contributed by atoms with Gasteiger partial charge in [-0.2, -0.15) is 0 Å². The number of nitrogens with zero attached hydrogens (tertiary/aromatic N) is 1. The Labute approximate surface area is 255 Å². The number of fused-ring (bicyclic) bond motifs is 6. The first-order valence-electron chi connectivity index (χ1n) is 15.7. The van der Waals surface area contributed by atoms with Gasteiger partial charge < -0.3 is 4.90 Å². The number of piperidine rings is 1. The molecule has 5 aromatic carbocycles. The average Bonchev–Trinajstić information content (AvgIpc) is 3.40. The summed E-state index contributed by atoms with van der Waals surface area (Å²) in [5.41, 5.74) is 16.4. The minimum Gasteiger partial charge on any atom is -0.312 e. The molecule has 1 heterocycles. The highest BCUT2D eigenvalue weighted by molar-refractivity contribution is 5.96. The summed E-state index contributed by atoms with van der Waals surface area (Å²) in [4.78, 5) is 15.2. The Bertz CT molecular complexity index is 1830. The second-order valence-corrected chi connectivity index (χ2v) is 13.6. The van der Waals surface area contributed by atoms with Crippen LogP contribution < -0.4 is 4.90 Å². The SMILES string of the molecule is CC1(C)c2ccccc2-c2ccc(-c3cc(-c4ccc5c(c4)C(C)(C)c4ccccc4-5)cc(N4CCCCC4=O)c3)cc21. The largest absolute Gasteiger partial charge is 0.312 e. The Balaban J connectivity index is 1.29. The second kappa shape index (κ2) is 9.28. The standard InChI is InChI=1S/C41H37NO/c1-40(2)35-13-7-5-11-31(35)33-18-16-26(24-37(33)40)28-21-29(23-30(22-28)42-20-10-9-15-39(42)43)27-17-19-34-32-12-6-8-14-36(32)41(3,4)38(34)25-27/h5-8,11-14,16-19,21-25H,9-10,15,20H2,1-4H3. The van der Waals surface area contributed by atoms with Crippen molar-refractivity contribution in [3.8, 4) is 44.5 Å². The predicted molar refractivity (Wildman–Crippen MR) is 179 cm³/mol. The Morgan fingerprint density at radius 3 is 1.51 bits per heavy atom. The third-order valence-corrected chi connectivity index (χ3v) is 10.4. The molecule has 0 aromatic heterocycles. The van der Waals surface area contributed by atoms with Gasteiger partial charge in [-0.05, 0) is 110 Å². The van der Waals surface area contributed by atoms with Gasteiger partial charge in [-0.3, -0.25) is 4.79 Å². The molecular weight excluding hydrogens is 522 g/mol. The summed E-state index contributed by atoms with van der Waals surface area (Å²) in [7, 11) is 0. The molecule has 8 rings (SSSR count). The third-order valence-electron chi connectivity index (χ3n) is 10.4. The first-order chi connectivity index (χ1) is 20.7. The molecule has 0 bridgehead atoms. The van der Waals surface area contributed by atoms with E-state index in [0.29, 0.717) is 6.42 Å². The van der Waals surface area contributed by atoms with E-state index in [1.54, 1.807) is 0 Å². The number of hydrogen-bond acceptors (Lipinski definition) is 1. The summed E-state index contributed by atoms with van der Waals surface area (Å²) < 4.78 is 0. The van der Waals surface area contributed by atoms with Crippen LogP contribution in [0.1, 0.15) is 69.2 Å². The van der Waals surface area contributed by atoms with Gasteiger partial charge in [0.1, 0.15) is 0 Å².